The maximum absolute atomic E-state index is 14.5. The van der Waals surface area contributed by atoms with Gasteiger partial charge in [0.1, 0.15) is 22.7 Å². The minimum atomic E-state index is -0.869. The average Bonchev–Trinajstić information content (AvgIpc) is 3.57. The molecule has 1 amide bonds. The Labute approximate surface area is 241 Å². The van der Waals surface area contributed by atoms with Gasteiger partial charge in [-0.2, -0.15) is 14.2 Å². The highest BCUT2D eigenvalue weighted by molar-refractivity contribution is 6.32. The number of halogens is 3. The normalized spacial score (nSPS) is 16.5. The fourth-order valence-electron chi connectivity index (χ4n) is 4.49. The van der Waals surface area contributed by atoms with Gasteiger partial charge < -0.3 is 30.4 Å². The van der Waals surface area contributed by atoms with E-state index in [0.717, 1.165) is 24.3 Å². The summed E-state index contributed by atoms with van der Waals surface area (Å²) in [5.41, 5.74) is -0.0169. The van der Waals surface area contributed by atoms with Crippen molar-refractivity contribution in [2.75, 3.05) is 23.8 Å². The first-order valence-corrected chi connectivity index (χ1v) is 13.0. The van der Waals surface area contributed by atoms with Crippen LogP contribution in [0.3, 0.4) is 0 Å². The van der Waals surface area contributed by atoms with Crippen LogP contribution in [-0.2, 0) is 4.74 Å². The van der Waals surface area contributed by atoms with Gasteiger partial charge in [0.05, 0.1) is 35.9 Å². The largest absolute Gasteiger partial charge is 0.618 e. The van der Waals surface area contributed by atoms with Crippen molar-refractivity contribution in [3.05, 3.63) is 94.4 Å². The highest BCUT2D eigenvalue weighted by Crippen LogP contribution is 2.37. The van der Waals surface area contributed by atoms with E-state index in [1.165, 1.54) is 36.5 Å². The monoisotopic (exact) mass is 594 g/mol. The molecular formula is C28H21ClF2N6O5. The number of aromatic nitrogens is 4. The second kappa shape index (κ2) is 11.2. The minimum Gasteiger partial charge on any atom is -0.618 e. The van der Waals surface area contributed by atoms with Gasteiger partial charge in [0.2, 0.25) is 0 Å². The molecule has 214 valence electrons. The lowest BCUT2D eigenvalue weighted by Crippen LogP contribution is -2.39. The minimum absolute atomic E-state index is 0.108. The molecule has 1 fully saturated rings. The van der Waals surface area contributed by atoms with E-state index >= 15 is 0 Å². The number of fused-ring (bicyclic) bond motifs is 1. The molecule has 1 aliphatic heterocycles. The molecule has 0 bridgehead atoms. The molecule has 5 aromatic rings. The number of hydrogen-bond acceptors (Lipinski definition) is 8. The number of carbonyl (C=O) groups excluding carboxylic acids is 1. The Morgan fingerprint density at radius 3 is 2.67 bits per heavy atom. The van der Waals surface area contributed by atoms with Crippen molar-refractivity contribution in [1.82, 2.24) is 15.2 Å². The zero-order chi connectivity index (χ0) is 29.4. The summed E-state index contributed by atoms with van der Waals surface area (Å²) < 4.78 is 39.3. The number of anilines is 2. The molecule has 2 atom stereocenters. The number of aromatic amines is 1. The van der Waals surface area contributed by atoms with E-state index in [1.807, 2.05) is 0 Å². The summed E-state index contributed by atoms with van der Waals surface area (Å²) in [5, 5.41) is 36.4. The SMILES string of the molecule is O=C(Nc1ccc(Oc2ccnc3[nH]nc(N[C@H]4COC[C@@H]4O)c23)c(Cl)c1)c1ccc(F)c(-c2ccc(F)cc2)[n+]1[O-]. The first kappa shape index (κ1) is 27.3. The lowest BCUT2D eigenvalue weighted by Gasteiger charge is -2.15. The number of H-pyrrole nitrogens is 1. The lowest BCUT2D eigenvalue weighted by molar-refractivity contribution is -0.597. The Balaban J connectivity index is 1.22. The van der Waals surface area contributed by atoms with Crippen LogP contribution in [0.2, 0.25) is 5.02 Å². The highest BCUT2D eigenvalue weighted by Gasteiger charge is 2.28. The second-order valence-electron chi connectivity index (χ2n) is 9.38. The maximum Gasteiger partial charge on any atom is 0.321 e. The van der Waals surface area contributed by atoms with Gasteiger partial charge in [-0.1, -0.05) is 11.6 Å². The van der Waals surface area contributed by atoms with Crippen LogP contribution in [-0.4, -0.2) is 51.6 Å². The third kappa shape index (κ3) is 5.28. The van der Waals surface area contributed by atoms with Crippen LogP contribution in [0, 0.1) is 16.8 Å². The van der Waals surface area contributed by atoms with E-state index in [-0.39, 0.29) is 45.1 Å². The Hall–Kier alpha value is -4.85. The molecular weight excluding hydrogens is 574 g/mol. The summed E-state index contributed by atoms with van der Waals surface area (Å²) in [5.74, 6) is -1.21. The Kier molecular flexibility index (Phi) is 7.29. The third-order valence-electron chi connectivity index (χ3n) is 6.59. The molecule has 11 nitrogen and oxygen atoms in total. The summed E-state index contributed by atoms with van der Waals surface area (Å²) in [4.78, 5) is 17.2. The summed E-state index contributed by atoms with van der Waals surface area (Å²) >= 11 is 6.47. The Morgan fingerprint density at radius 2 is 1.93 bits per heavy atom. The maximum atomic E-state index is 14.5. The number of ether oxygens (including phenoxy) is 2. The first-order chi connectivity index (χ1) is 20.3. The number of benzene rings is 2. The van der Waals surface area contributed by atoms with Crippen LogP contribution in [0.15, 0.2) is 66.9 Å². The van der Waals surface area contributed by atoms with E-state index in [2.05, 4.69) is 25.8 Å². The van der Waals surface area contributed by atoms with Crippen LogP contribution in [0.4, 0.5) is 20.3 Å². The molecule has 3 aromatic heterocycles. The molecule has 1 saturated heterocycles. The van der Waals surface area contributed by atoms with Gasteiger partial charge in [-0.05, 0) is 48.5 Å². The number of hydrogen-bond donors (Lipinski definition) is 4. The van der Waals surface area contributed by atoms with E-state index in [0.29, 0.717) is 29.2 Å². The summed E-state index contributed by atoms with van der Waals surface area (Å²) in [6.07, 6.45) is 0.826. The molecule has 42 heavy (non-hydrogen) atoms. The molecule has 1 aliphatic rings. The van der Waals surface area contributed by atoms with Gasteiger partial charge in [0.25, 0.3) is 11.4 Å². The summed E-state index contributed by atoms with van der Waals surface area (Å²) in [6, 6.07) is 12.4. The Morgan fingerprint density at radius 1 is 1.12 bits per heavy atom. The number of pyridine rings is 2. The quantitative estimate of drug-likeness (QED) is 0.160. The van der Waals surface area contributed by atoms with E-state index < -0.39 is 29.3 Å². The van der Waals surface area contributed by atoms with Crippen LogP contribution >= 0.6 is 11.6 Å². The average molecular weight is 595 g/mol. The van der Waals surface area contributed by atoms with Gasteiger partial charge in [0, 0.05) is 24.0 Å². The standard InChI is InChI=1S/C28H21ClF2N6O5/c29-17-11-16(33-28(39)20-7-6-18(31)25(37(20)40)14-1-3-15(30)4-2-14)5-8-22(17)42-23-9-10-32-26-24(23)27(36-35-26)34-19-12-41-13-21(19)38/h1-11,19,21,38H,12-13H2,(H,33,39)(H2,32,34,35,36)/t19-,21-/m0/s1. The topological polar surface area (TPSA) is 148 Å². The molecule has 14 heteroatoms. The number of nitrogens with zero attached hydrogens (tertiary/aromatic N) is 3. The molecule has 4 N–H and O–H groups in total. The predicted molar refractivity (Wildman–Crippen MR) is 148 cm³/mol. The van der Waals surface area contributed by atoms with Crippen molar-refractivity contribution in [3.63, 3.8) is 0 Å². The predicted octanol–water partition coefficient (Wildman–Crippen LogP) is 4.41. The van der Waals surface area contributed by atoms with Crippen molar-refractivity contribution < 1.29 is 32.9 Å². The van der Waals surface area contributed by atoms with Gasteiger partial charge in [-0.3, -0.25) is 9.89 Å². The highest BCUT2D eigenvalue weighted by atomic mass is 35.5. The van der Waals surface area contributed by atoms with Crippen LogP contribution in [0.5, 0.6) is 11.5 Å². The van der Waals surface area contributed by atoms with Crippen molar-refractivity contribution >= 4 is 40.0 Å². The second-order valence-corrected chi connectivity index (χ2v) is 9.79. The molecule has 0 unspecified atom stereocenters. The van der Waals surface area contributed by atoms with Gasteiger partial charge in [-0.15, -0.1) is 0 Å². The zero-order valence-electron chi connectivity index (χ0n) is 21.5. The summed E-state index contributed by atoms with van der Waals surface area (Å²) in [7, 11) is 0. The van der Waals surface area contributed by atoms with Crippen molar-refractivity contribution in [3.8, 4) is 22.8 Å². The molecule has 0 radical (unpaired) electrons. The van der Waals surface area contributed by atoms with Crippen LogP contribution < -0.4 is 20.1 Å². The number of carbonyl (C=O) groups is 1. The van der Waals surface area contributed by atoms with E-state index in [1.54, 1.807) is 6.07 Å². The summed E-state index contributed by atoms with van der Waals surface area (Å²) in [6.45, 7) is 0.522. The van der Waals surface area contributed by atoms with Crippen molar-refractivity contribution in [2.45, 2.75) is 12.1 Å². The molecule has 0 saturated carbocycles. The fourth-order valence-corrected chi connectivity index (χ4v) is 4.71. The third-order valence-corrected chi connectivity index (χ3v) is 6.89. The smallest absolute Gasteiger partial charge is 0.321 e. The number of aliphatic hydroxyl groups excluding tert-OH is 1. The lowest BCUT2D eigenvalue weighted by atomic mass is 10.1. The van der Waals surface area contributed by atoms with Crippen molar-refractivity contribution in [1.29, 1.82) is 0 Å². The molecule has 4 heterocycles. The fraction of sp³-hybridized carbons (Fsp3) is 0.143. The molecule has 0 spiro atoms. The number of nitrogens with one attached hydrogen (secondary N) is 3. The van der Waals surface area contributed by atoms with Crippen LogP contribution in [0.1, 0.15) is 10.5 Å². The van der Waals surface area contributed by atoms with Gasteiger partial charge in [0.15, 0.2) is 17.3 Å². The van der Waals surface area contributed by atoms with Crippen LogP contribution in [0.25, 0.3) is 22.3 Å². The molecule has 0 aliphatic carbocycles. The number of aliphatic hydroxyl groups is 1. The van der Waals surface area contributed by atoms with E-state index in [4.69, 9.17) is 21.1 Å². The zero-order valence-corrected chi connectivity index (χ0v) is 22.2. The Bertz CT molecular complexity index is 1800. The van der Waals surface area contributed by atoms with E-state index in [9.17, 15) is 23.9 Å². The molecule has 2 aromatic carbocycles. The van der Waals surface area contributed by atoms with Crippen molar-refractivity contribution in [2.24, 2.45) is 0 Å². The molecule has 6 rings (SSSR count). The number of rotatable bonds is 7. The van der Waals surface area contributed by atoms with Gasteiger partial charge >= 0.3 is 5.91 Å². The van der Waals surface area contributed by atoms with Gasteiger partial charge in [-0.25, -0.2) is 9.37 Å². The first-order valence-electron chi connectivity index (χ1n) is 12.6. The number of amides is 1.